The summed E-state index contributed by atoms with van der Waals surface area (Å²) < 4.78 is 5.23. The van der Waals surface area contributed by atoms with Crippen LogP contribution in [-0.4, -0.2) is 11.7 Å². The molecule has 2 rings (SSSR count). The lowest BCUT2D eigenvalue weighted by atomic mass is 10.0. The first-order chi connectivity index (χ1) is 9.89. The van der Waals surface area contributed by atoms with Crippen molar-refractivity contribution in [1.29, 1.82) is 0 Å². The number of benzene rings is 2. The Kier molecular flexibility index (Phi) is 4.18. The first-order valence-electron chi connectivity index (χ1n) is 6.83. The van der Waals surface area contributed by atoms with Crippen LogP contribution in [0.2, 0.25) is 0 Å². The molecule has 0 spiro atoms. The maximum atomic E-state index is 11.8. The van der Waals surface area contributed by atoms with Crippen LogP contribution in [-0.2, 0) is 4.74 Å². The van der Waals surface area contributed by atoms with Crippen molar-refractivity contribution in [3.05, 3.63) is 48.0 Å². The number of rotatable bonds is 2. The number of alkyl carbamates (subject to hydrolysis) is 1. The largest absolute Gasteiger partial charge is 0.444 e. The van der Waals surface area contributed by atoms with Gasteiger partial charge in [-0.15, -0.1) is 6.42 Å². The Morgan fingerprint density at radius 1 is 1.19 bits per heavy atom. The molecule has 0 heterocycles. The fourth-order valence-corrected chi connectivity index (χ4v) is 2.03. The number of hydrogen-bond donors (Lipinski definition) is 1. The van der Waals surface area contributed by atoms with E-state index in [1.54, 1.807) is 0 Å². The van der Waals surface area contributed by atoms with Crippen molar-refractivity contribution >= 4 is 16.9 Å². The quantitative estimate of drug-likeness (QED) is 0.844. The highest BCUT2D eigenvalue weighted by Gasteiger charge is 2.19. The Labute approximate surface area is 125 Å². The van der Waals surface area contributed by atoms with E-state index in [1.807, 2.05) is 63.2 Å². The van der Waals surface area contributed by atoms with Gasteiger partial charge in [-0.1, -0.05) is 42.3 Å². The Morgan fingerprint density at radius 2 is 1.86 bits per heavy atom. The van der Waals surface area contributed by atoms with Crippen molar-refractivity contribution in [3.8, 4) is 12.3 Å². The molecule has 1 amide bonds. The first kappa shape index (κ1) is 14.9. The van der Waals surface area contributed by atoms with Gasteiger partial charge in [0.1, 0.15) is 11.6 Å². The van der Waals surface area contributed by atoms with Crippen LogP contribution < -0.4 is 5.32 Å². The molecular weight excluding hydrogens is 262 g/mol. The Bertz CT molecular complexity index is 692. The molecule has 108 valence electrons. The van der Waals surface area contributed by atoms with E-state index in [0.717, 1.165) is 16.3 Å². The lowest BCUT2D eigenvalue weighted by Gasteiger charge is -2.21. The fraction of sp³-hybridized carbons (Fsp3) is 0.278. The second kappa shape index (κ2) is 5.88. The highest BCUT2D eigenvalue weighted by atomic mass is 16.6. The van der Waals surface area contributed by atoms with Gasteiger partial charge in [0.15, 0.2) is 0 Å². The maximum absolute atomic E-state index is 11.8. The number of ether oxygens (including phenoxy) is 1. The van der Waals surface area contributed by atoms with E-state index >= 15 is 0 Å². The summed E-state index contributed by atoms with van der Waals surface area (Å²) in [5.74, 6) is 2.59. The van der Waals surface area contributed by atoms with Crippen LogP contribution in [0.1, 0.15) is 32.4 Å². The highest BCUT2D eigenvalue weighted by Crippen LogP contribution is 2.20. The van der Waals surface area contributed by atoms with Gasteiger partial charge in [0.05, 0.1) is 0 Å². The van der Waals surface area contributed by atoms with Crippen molar-refractivity contribution < 1.29 is 9.53 Å². The van der Waals surface area contributed by atoms with E-state index in [9.17, 15) is 4.79 Å². The third-order valence-corrected chi connectivity index (χ3v) is 2.93. The molecule has 2 aromatic carbocycles. The number of amides is 1. The molecule has 0 aliphatic rings. The molecule has 3 heteroatoms. The van der Waals surface area contributed by atoms with Crippen LogP contribution in [0.25, 0.3) is 10.8 Å². The number of terminal acetylenes is 1. The number of carbonyl (C=O) groups is 1. The average molecular weight is 281 g/mol. The minimum atomic E-state index is -0.549. The smallest absolute Gasteiger partial charge is 0.408 e. The summed E-state index contributed by atoms with van der Waals surface area (Å²) in [7, 11) is 0. The van der Waals surface area contributed by atoms with E-state index in [1.165, 1.54) is 0 Å². The average Bonchev–Trinajstić information content (AvgIpc) is 2.42. The molecule has 1 unspecified atom stereocenters. The summed E-state index contributed by atoms with van der Waals surface area (Å²) in [6.45, 7) is 5.44. The molecule has 0 aliphatic carbocycles. The van der Waals surface area contributed by atoms with Gasteiger partial charge in [-0.3, -0.25) is 0 Å². The van der Waals surface area contributed by atoms with Crippen molar-refractivity contribution in [2.75, 3.05) is 0 Å². The summed E-state index contributed by atoms with van der Waals surface area (Å²) in [5.41, 5.74) is 0.314. The van der Waals surface area contributed by atoms with Crippen molar-refractivity contribution in [2.24, 2.45) is 0 Å². The maximum Gasteiger partial charge on any atom is 0.408 e. The van der Waals surface area contributed by atoms with Crippen LogP contribution in [0.5, 0.6) is 0 Å². The molecule has 0 bridgehead atoms. The van der Waals surface area contributed by atoms with Crippen LogP contribution in [0.4, 0.5) is 4.79 Å². The third kappa shape index (κ3) is 4.00. The molecule has 1 atom stereocenters. The van der Waals surface area contributed by atoms with Crippen LogP contribution in [0, 0.1) is 12.3 Å². The topological polar surface area (TPSA) is 38.3 Å². The van der Waals surface area contributed by atoms with Crippen LogP contribution in [0.15, 0.2) is 42.5 Å². The second-order valence-corrected chi connectivity index (χ2v) is 5.85. The minimum absolute atomic E-state index is 0.510. The zero-order valence-electron chi connectivity index (χ0n) is 12.5. The summed E-state index contributed by atoms with van der Waals surface area (Å²) in [6.07, 6.45) is 5.03. The normalized spacial score (nSPS) is 12.5. The van der Waals surface area contributed by atoms with E-state index in [2.05, 4.69) is 11.2 Å². The number of carbonyl (C=O) groups excluding carboxylic acids is 1. The standard InChI is InChI=1S/C18H19NO2/c1-5-16(19-17(20)21-18(2,3)4)15-11-10-13-8-6-7-9-14(13)12-15/h1,6-12,16H,2-4H3,(H,19,20). The molecule has 0 saturated carbocycles. The van der Waals surface area contributed by atoms with Gasteiger partial charge in [-0.2, -0.15) is 0 Å². The number of nitrogens with one attached hydrogen (secondary N) is 1. The van der Waals surface area contributed by atoms with Gasteiger partial charge in [-0.05, 0) is 43.2 Å². The molecule has 0 aliphatic heterocycles. The number of hydrogen-bond acceptors (Lipinski definition) is 2. The highest BCUT2D eigenvalue weighted by molar-refractivity contribution is 5.83. The van der Waals surface area contributed by atoms with Gasteiger partial charge in [0, 0.05) is 0 Å². The Hall–Kier alpha value is -2.47. The lowest BCUT2D eigenvalue weighted by Crippen LogP contribution is -2.34. The Balaban J connectivity index is 2.20. The zero-order chi connectivity index (χ0) is 15.5. The molecular formula is C18H19NO2. The van der Waals surface area contributed by atoms with Gasteiger partial charge >= 0.3 is 6.09 Å². The predicted octanol–water partition coefficient (Wildman–Crippen LogP) is 4.04. The summed E-state index contributed by atoms with van der Waals surface area (Å²) in [4.78, 5) is 11.8. The van der Waals surface area contributed by atoms with Gasteiger partial charge in [0.2, 0.25) is 0 Å². The molecule has 0 saturated heterocycles. The lowest BCUT2D eigenvalue weighted by molar-refractivity contribution is 0.0516. The molecule has 3 nitrogen and oxygen atoms in total. The summed E-state index contributed by atoms with van der Waals surface area (Å²) >= 11 is 0. The number of fused-ring (bicyclic) bond motifs is 1. The zero-order valence-corrected chi connectivity index (χ0v) is 12.5. The monoisotopic (exact) mass is 281 g/mol. The molecule has 0 fully saturated rings. The van der Waals surface area contributed by atoms with Gasteiger partial charge in [-0.25, -0.2) is 4.79 Å². The molecule has 1 N–H and O–H groups in total. The van der Waals surface area contributed by atoms with E-state index in [0.29, 0.717) is 0 Å². The SMILES string of the molecule is C#CC(NC(=O)OC(C)(C)C)c1ccc2ccccc2c1. The van der Waals surface area contributed by atoms with Crippen molar-refractivity contribution in [2.45, 2.75) is 32.4 Å². The first-order valence-corrected chi connectivity index (χ1v) is 6.83. The van der Waals surface area contributed by atoms with Crippen molar-refractivity contribution in [3.63, 3.8) is 0 Å². The molecule has 0 radical (unpaired) electrons. The third-order valence-electron chi connectivity index (χ3n) is 2.93. The fourth-order valence-electron chi connectivity index (χ4n) is 2.03. The van der Waals surface area contributed by atoms with Crippen LogP contribution in [0.3, 0.4) is 0 Å². The van der Waals surface area contributed by atoms with E-state index in [4.69, 9.17) is 11.2 Å². The van der Waals surface area contributed by atoms with Gasteiger partial charge < -0.3 is 10.1 Å². The Morgan fingerprint density at radius 3 is 2.48 bits per heavy atom. The van der Waals surface area contributed by atoms with E-state index < -0.39 is 17.7 Å². The predicted molar refractivity (Wildman–Crippen MR) is 84.9 cm³/mol. The summed E-state index contributed by atoms with van der Waals surface area (Å²) in [5, 5.41) is 4.93. The minimum Gasteiger partial charge on any atom is -0.444 e. The summed E-state index contributed by atoms with van der Waals surface area (Å²) in [6, 6.07) is 13.4. The molecule has 2 aromatic rings. The van der Waals surface area contributed by atoms with E-state index in [-0.39, 0.29) is 0 Å². The second-order valence-electron chi connectivity index (χ2n) is 5.85. The van der Waals surface area contributed by atoms with Gasteiger partial charge in [0.25, 0.3) is 0 Å². The van der Waals surface area contributed by atoms with Crippen LogP contribution >= 0.6 is 0 Å². The molecule has 21 heavy (non-hydrogen) atoms. The van der Waals surface area contributed by atoms with Crippen molar-refractivity contribution in [1.82, 2.24) is 5.32 Å². The molecule has 0 aromatic heterocycles.